The van der Waals surface area contributed by atoms with Gasteiger partial charge in [0, 0.05) is 44.3 Å². The van der Waals surface area contributed by atoms with E-state index in [-0.39, 0.29) is 0 Å². The fourth-order valence-electron chi connectivity index (χ4n) is 3.17. The van der Waals surface area contributed by atoms with Gasteiger partial charge in [0.1, 0.15) is 5.75 Å². The van der Waals surface area contributed by atoms with E-state index in [1.54, 1.807) is 7.11 Å². The third kappa shape index (κ3) is 6.09. The molecule has 27 heavy (non-hydrogen) atoms. The molecule has 6 heteroatoms. The van der Waals surface area contributed by atoms with Crippen LogP contribution in [0.1, 0.15) is 11.1 Å². The third-order valence-corrected chi connectivity index (χ3v) is 5.48. The first kappa shape index (κ1) is 19.9. The first-order valence-electron chi connectivity index (χ1n) is 9.26. The van der Waals surface area contributed by atoms with Crippen molar-refractivity contribution < 1.29 is 4.74 Å². The highest BCUT2D eigenvalue weighted by Gasteiger charge is 2.18. The van der Waals surface area contributed by atoms with Crippen LogP contribution < -0.4 is 10.1 Å². The van der Waals surface area contributed by atoms with Crippen LogP contribution in [0.5, 0.6) is 5.75 Å². The summed E-state index contributed by atoms with van der Waals surface area (Å²) in [5, 5.41) is 5.01. The molecule has 0 amide bonds. The molecule has 1 saturated heterocycles. The summed E-state index contributed by atoms with van der Waals surface area (Å²) in [4.78, 5) is 4.73. The number of hydrogen-bond donors (Lipinski definition) is 1. The van der Waals surface area contributed by atoms with E-state index in [1.807, 2.05) is 24.3 Å². The Morgan fingerprint density at radius 2 is 1.63 bits per heavy atom. The van der Waals surface area contributed by atoms with Gasteiger partial charge in [-0.05, 0) is 54.0 Å². The Morgan fingerprint density at radius 3 is 2.26 bits per heavy atom. The molecule has 4 nitrogen and oxygen atoms in total. The number of methoxy groups -OCH3 is 1. The quantitative estimate of drug-likeness (QED) is 0.744. The molecule has 1 N–H and O–H groups in total. The molecule has 1 heterocycles. The maximum Gasteiger partial charge on any atom is 0.169 e. The molecule has 1 aliphatic rings. The van der Waals surface area contributed by atoms with Crippen molar-refractivity contribution in [1.29, 1.82) is 0 Å². The highest BCUT2D eigenvalue weighted by molar-refractivity contribution is 7.80. The average Bonchev–Trinajstić information content (AvgIpc) is 2.70. The minimum absolute atomic E-state index is 0.773. The standard InChI is InChI=1S/C21H26ClN3OS/c1-26-20-8-4-18(5-9-20)16-24-12-14-25(15-13-24)21(27)23-11-10-17-2-6-19(22)7-3-17/h2-9H,10-16H2,1H3,(H,23,27). The number of halogens is 1. The fourth-order valence-corrected chi connectivity index (χ4v) is 3.59. The van der Waals surface area contributed by atoms with Gasteiger partial charge in [-0.15, -0.1) is 0 Å². The summed E-state index contributed by atoms with van der Waals surface area (Å²) in [6, 6.07) is 16.3. The maximum absolute atomic E-state index is 5.92. The minimum Gasteiger partial charge on any atom is -0.497 e. The normalized spacial score (nSPS) is 14.8. The molecule has 0 bridgehead atoms. The van der Waals surface area contributed by atoms with Crippen LogP contribution in [-0.2, 0) is 13.0 Å². The predicted molar refractivity (Wildman–Crippen MR) is 116 cm³/mol. The lowest BCUT2D eigenvalue weighted by Gasteiger charge is -2.36. The molecule has 2 aromatic carbocycles. The summed E-state index contributed by atoms with van der Waals surface area (Å²) in [5.74, 6) is 0.901. The third-order valence-electron chi connectivity index (χ3n) is 4.83. The van der Waals surface area contributed by atoms with Crippen LogP contribution in [0.15, 0.2) is 48.5 Å². The van der Waals surface area contributed by atoms with E-state index in [9.17, 15) is 0 Å². The van der Waals surface area contributed by atoms with Crippen molar-refractivity contribution in [2.24, 2.45) is 0 Å². The van der Waals surface area contributed by atoms with E-state index in [4.69, 9.17) is 28.6 Å². The molecule has 3 rings (SSSR count). The van der Waals surface area contributed by atoms with Gasteiger partial charge < -0.3 is 15.0 Å². The van der Waals surface area contributed by atoms with Gasteiger partial charge in [0.05, 0.1) is 7.11 Å². The maximum atomic E-state index is 5.92. The second kappa shape index (κ2) is 9.93. The van der Waals surface area contributed by atoms with E-state index in [2.05, 4.69) is 39.4 Å². The largest absolute Gasteiger partial charge is 0.497 e. The zero-order valence-corrected chi connectivity index (χ0v) is 17.2. The fraction of sp³-hybridized carbons (Fsp3) is 0.381. The molecule has 0 saturated carbocycles. The van der Waals surface area contributed by atoms with Gasteiger partial charge in [-0.2, -0.15) is 0 Å². The second-order valence-corrected chi connectivity index (χ2v) is 7.54. The highest BCUT2D eigenvalue weighted by atomic mass is 35.5. The predicted octanol–water partition coefficient (Wildman–Crippen LogP) is 3.58. The number of hydrogen-bond acceptors (Lipinski definition) is 3. The van der Waals surface area contributed by atoms with Crippen molar-refractivity contribution in [3.63, 3.8) is 0 Å². The van der Waals surface area contributed by atoms with E-state index in [1.165, 1.54) is 11.1 Å². The number of piperazine rings is 1. The summed E-state index contributed by atoms with van der Waals surface area (Å²) < 4.78 is 5.22. The van der Waals surface area contributed by atoms with Gasteiger partial charge in [-0.25, -0.2) is 0 Å². The smallest absolute Gasteiger partial charge is 0.169 e. The lowest BCUT2D eigenvalue weighted by atomic mass is 10.1. The van der Waals surface area contributed by atoms with Crippen LogP contribution >= 0.6 is 23.8 Å². The topological polar surface area (TPSA) is 27.7 Å². The van der Waals surface area contributed by atoms with Crippen molar-refractivity contribution in [2.75, 3.05) is 39.8 Å². The number of nitrogens with zero attached hydrogens (tertiary/aromatic N) is 2. The lowest BCUT2D eigenvalue weighted by molar-refractivity contribution is 0.174. The Kier molecular flexibility index (Phi) is 7.33. The molecule has 0 aliphatic carbocycles. The SMILES string of the molecule is COc1ccc(CN2CCN(C(=S)NCCc3ccc(Cl)cc3)CC2)cc1. The summed E-state index contributed by atoms with van der Waals surface area (Å²) in [6.07, 6.45) is 0.939. The van der Waals surface area contributed by atoms with Crippen molar-refractivity contribution in [2.45, 2.75) is 13.0 Å². The summed E-state index contributed by atoms with van der Waals surface area (Å²) >= 11 is 11.5. The number of rotatable bonds is 6. The molecule has 1 fully saturated rings. The molecular weight excluding hydrogens is 378 g/mol. The van der Waals surface area contributed by atoms with Crippen LogP contribution in [-0.4, -0.2) is 54.7 Å². The zero-order valence-electron chi connectivity index (χ0n) is 15.7. The van der Waals surface area contributed by atoms with Gasteiger partial charge in [0.25, 0.3) is 0 Å². The van der Waals surface area contributed by atoms with Crippen molar-refractivity contribution in [3.05, 3.63) is 64.7 Å². The van der Waals surface area contributed by atoms with E-state index in [0.717, 1.165) is 61.6 Å². The van der Waals surface area contributed by atoms with E-state index < -0.39 is 0 Å². The molecular formula is C21H26ClN3OS. The molecule has 0 atom stereocenters. The van der Waals surface area contributed by atoms with E-state index >= 15 is 0 Å². The van der Waals surface area contributed by atoms with Gasteiger partial charge in [0.2, 0.25) is 0 Å². The summed E-state index contributed by atoms with van der Waals surface area (Å²) in [6.45, 7) is 5.77. The van der Waals surface area contributed by atoms with Crippen LogP contribution in [0, 0.1) is 0 Å². The molecule has 2 aromatic rings. The van der Waals surface area contributed by atoms with Crippen LogP contribution in [0.4, 0.5) is 0 Å². The number of benzene rings is 2. The minimum atomic E-state index is 0.773. The number of thiocarbonyl (C=S) groups is 1. The first-order valence-corrected chi connectivity index (χ1v) is 10.0. The van der Waals surface area contributed by atoms with E-state index in [0.29, 0.717) is 0 Å². The number of nitrogens with one attached hydrogen (secondary N) is 1. The molecule has 0 unspecified atom stereocenters. The summed E-state index contributed by atoms with van der Waals surface area (Å²) in [7, 11) is 1.70. The van der Waals surface area contributed by atoms with Gasteiger partial charge in [-0.3, -0.25) is 4.90 Å². The van der Waals surface area contributed by atoms with Crippen LogP contribution in [0.2, 0.25) is 5.02 Å². The highest BCUT2D eigenvalue weighted by Crippen LogP contribution is 2.14. The molecule has 144 valence electrons. The second-order valence-electron chi connectivity index (χ2n) is 6.72. The Bertz CT molecular complexity index is 728. The Hall–Kier alpha value is -1.82. The van der Waals surface area contributed by atoms with Crippen molar-refractivity contribution in [1.82, 2.24) is 15.1 Å². The molecule has 0 aromatic heterocycles. The first-order chi connectivity index (χ1) is 13.1. The zero-order chi connectivity index (χ0) is 19.1. The Morgan fingerprint density at radius 1 is 1.00 bits per heavy atom. The van der Waals surface area contributed by atoms with Gasteiger partial charge in [-0.1, -0.05) is 35.9 Å². The van der Waals surface area contributed by atoms with Gasteiger partial charge in [0.15, 0.2) is 5.11 Å². The Balaban J connectivity index is 1.37. The lowest BCUT2D eigenvalue weighted by Crippen LogP contribution is -2.51. The van der Waals surface area contributed by atoms with Crippen molar-refractivity contribution in [3.8, 4) is 5.75 Å². The average molecular weight is 404 g/mol. The van der Waals surface area contributed by atoms with Gasteiger partial charge >= 0.3 is 0 Å². The number of ether oxygens (including phenoxy) is 1. The molecule has 1 aliphatic heterocycles. The van der Waals surface area contributed by atoms with Crippen molar-refractivity contribution >= 4 is 28.9 Å². The monoisotopic (exact) mass is 403 g/mol. The molecule has 0 radical (unpaired) electrons. The molecule has 0 spiro atoms. The van der Waals surface area contributed by atoms with Crippen LogP contribution in [0.3, 0.4) is 0 Å². The Labute approximate surface area is 172 Å². The summed E-state index contributed by atoms with van der Waals surface area (Å²) in [5.41, 5.74) is 2.58. The van der Waals surface area contributed by atoms with Crippen LogP contribution in [0.25, 0.3) is 0 Å².